The lowest BCUT2D eigenvalue weighted by molar-refractivity contribution is -0.137. The Morgan fingerprint density at radius 1 is 1.33 bits per heavy atom. The summed E-state index contributed by atoms with van der Waals surface area (Å²) >= 11 is 0. The van der Waals surface area contributed by atoms with Crippen LogP contribution in [0.5, 0.6) is 0 Å². The van der Waals surface area contributed by atoms with Crippen LogP contribution in [0.2, 0.25) is 0 Å². The van der Waals surface area contributed by atoms with E-state index in [2.05, 4.69) is 10.3 Å². The number of amides is 1. The zero-order valence-electron chi connectivity index (χ0n) is 11.9. The number of carboxylic acids is 1. The van der Waals surface area contributed by atoms with E-state index in [9.17, 15) is 9.59 Å². The maximum Gasteiger partial charge on any atom is 0.325 e. The quantitative estimate of drug-likeness (QED) is 0.884. The van der Waals surface area contributed by atoms with Crippen LogP contribution in [0, 0.1) is 6.92 Å². The minimum atomic E-state index is -1.04. The highest BCUT2D eigenvalue weighted by Gasteiger charge is 2.17. The number of rotatable bonds is 5. The Morgan fingerprint density at radius 3 is 2.71 bits per heavy atom. The van der Waals surface area contributed by atoms with Crippen molar-refractivity contribution in [3.63, 3.8) is 0 Å². The SMILES string of the molecule is Cc1ccccc1CN(C)C(=O)c1cn(CC(=O)O)nn1. The van der Waals surface area contributed by atoms with E-state index in [-0.39, 0.29) is 18.1 Å². The smallest absolute Gasteiger partial charge is 0.325 e. The third kappa shape index (κ3) is 3.65. The molecule has 110 valence electrons. The van der Waals surface area contributed by atoms with Gasteiger partial charge < -0.3 is 10.0 Å². The standard InChI is InChI=1S/C14H16N4O3/c1-10-5-3-4-6-11(10)7-17(2)14(21)12-8-18(16-15-12)9-13(19)20/h3-6,8H,7,9H2,1-2H3,(H,19,20). The molecule has 0 fully saturated rings. The summed E-state index contributed by atoms with van der Waals surface area (Å²) in [5, 5.41) is 16.0. The molecule has 2 aromatic rings. The Morgan fingerprint density at radius 2 is 2.05 bits per heavy atom. The lowest BCUT2D eigenvalue weighted by atomic mass is 10.1. The van der Waals surface area contributed by atoms with Crippen LogP contribution in [0.15, 0.2) is 30.5 Å². The van der Waals surface area contributed by atoms with Gasteiger partial charge in [-0.15, -0.1) is 5.10 Å². The molecule has 0 saturated heterocycles. The van der Waals surface area contributed by atoms with E-state index in [1.165, 1.54) is 11.1 Å². The molecule has 0 aliphatic carbocycles. The number of aromatic nitrogens is 3. The van der Waals surface area contributed by atoms with Crippen LogP contribution in [0.1, 0.15) is 21.6 Å². The molecule has 0 aliphatic heterocycles. The molecular formula is C14H16N4O3. The van der Waals surface area contributed by atoms with Crippen molar-refractivity contribution in [3.05, 3.63) is 47.3 Å². The molecule has 1 aromatic carbocycles. The molecule has 0 unspecified atom stereocenters. The molecule has 0 saturated carbocycles. The summed E-state index contributed by atoms with van der Waals surface area (Å²) in [5.41, 5.74) is 2.28. The van der Waals surface area contributed by atoms with Crippen molar-refractivity contribution in [2.45, 2.75) is 20.0 Å². The van der Waals surface area contributed by atoms with Crippen LogP contribution in [0.3, 0.4) is 0 Å². The zero-order valence-corrected chi connectivity index (χ0v) is 11.9. The van der Waals surface area contributed by atoms with Gasteiger partial charge in [0.25, 0.3) is 5.91 Å². The van der Waals surface area contributed by atoms with Crippen molar-refractivity contribution in [3.8, 4) is 0 Å². The predicted molar refractivity (Wildman–Crippen MR) is 74.6 cm³/mol. The van der Waals surface area contributed by atoms with E-state index in [1.54, 1.807) is 7.05 Å². The fourth-order valence-electron chi connectivity index (χ4n) is 1.92. The van der Waals surface area contributed by atoms with Crippen molar-refractivity contribution in [1.82, 2.24) is 19.9 Å². The van der Waals surface area contributed by atoms with E-state index in [1.807, 2.05) is 31.2 Å². The molecule has 0 bridgehead atoms. The van der Waals surface area contributed by atoms with Gasteiger partial charge in [-0.2, -0.15) is 0 Å². The second kappa shape index (κ2) is 6.17. The van der Waals surface area contributed by atoms with E-state index in [0.29, 0.717) is 6.54 Å². The lowest BCUT2D eigenvalue weighted by Gasteiger charge is -2.17. The monoisotopic (exact) mass is 288 g/mol. The van der Waals surface area contributed by atoms with E-state index in [4.69, 9.17) is 5.11 Å². The molecule has 1 heterocycles. The van der Waals surface area contributed by atoms with Gasteiger partial charge in [0.2, 0.25) is 0 Å². The summed E-state index contributed by atoms with van der Waals surface area (Å²) in [6, 6.07) is 7.80. The number of hydrogen-bond donors (Lipinski definition) is 1. The summed E-state index contributed by atoms with van der Waals surface area (Å²) < 4.78 is 1.12. The average Bonchev–Trinajstić information content (AvgIpc) is 2.88. The Kier molecular flexibility index (Phi) is 4.32. The van der Waals surface area contributed by atoms with Crippen molar-refractivity contribution < 1.29 is 14.7 Å². The number of hydrogen-bond acceptors (Lipinski definition) is 4. The van der Waals surface area contributed by atoms with Crippen LogP contribution < -0.4 is 0 Å². The summed E-state index contributed by atoms with van der Waals surface area (Å²) in [7, 11) is 1.67. The lowest BCUT2D eigenvalue weighted by Crippen LogP contribution is -2.26. The summed E-state index contributed by atoms with van der Waals surface area (Å²) in [6.07, 6.45) is 1.34. The first-order valence-corrected chi connectivity index (χ1v) is 6.39. The topological polar surface area (TPSA) is 88.3 Å². The molecule has 0 radical (unpaired) electrons. The molecule has 0 spiro atoms. The van der Waals surface area contributed by atoms with Crippen molar-refractivity contribution in [1.29, 1.82) is 0 Å². The fraction of sp³-hybridized carbons (Fsp3) is 0.286. The Hall–Kier alpha value is -2.70. The van der Waals surface area contributed by atoms with E-state index in [0.717, 1.165) is 15.8 Å². The highest BCUT2D eigenvalue weighted by Crippen LogP contribution is 2.11. The molecule has 7 nitrogen and oxygen atoms in total. The summed E-state index contributed by atoms with van der Waals surface area (Å²) in [4.78, 5) is 24.3. The van der Waals surface area contributed by atoms with Gasteiger partial charge in [-0.3, -0.25) is 9.59 Å². The van der Waals surface area contributed by atoms with Crippen LogP contribution in [-0.4, -0.2) is 43.9 Å². The van der Waals surface area contributed by atoms with Crippen molar-refractivity contribution in [2.75, 3.05) is 7.05 Å². The molecule has 0 aliphatic rings. The van der Waals surface area contributed by atoms with Crippen molar-refractivity contribution >= 4 is 11.9 Å². The normalized spacial score (nSPS) is 10.4. The first-order valence-electron chi connectivity index (χ1n) is 6.39. The summed E-state index contributed by atoms with van der Waals surface area (Å²) in [5.74, 6) is -1.33. The van der Waals surface area contributed by atoms with Gasteiger partial charge in [-0.25, -0.2) is 4.68 Å². The molecule has 1 amide bonds. The molecule has 1 aromatic heterocycles. The Bertz CT molecular complexity index is 666. The number of aryl methyl sites for hydroxylation is 1. The number of carbonyl (C=O) groups is 2. The van der Waals surface area contributed by atoms with Crippen LogP contribution in [0.25, 0.3) is 0 Å². The van der Waals surface area contributed by atoms with Gasteiger partial charge in [-0.1, -0.05) is 29.5 Å². The number of aliphatic carboxylic acids is 1. The van der Waals surface area contributed by atoms with Gasteiger partial charge in [0.05, 0.1) is 6.20 Å². The largest absolute Gasteiger partial charge is 0.480 e. The highest BCUT2D eigenvalue weighted by atomic mass is 16.4. The van der Waals surface area contributed by atoms with Gasteiger partial charge >= 0.3 is 5.97 Å². The average molecular weight is 288 g/mol. The van der Waals surface area contributed by atoms with Gasteiger partial charge in [0, 0.05) is 13.6 Å². The minimum absolute atomic E-state index is 0.132. The minimum Gasteiger partial charge on any atom is -0.480 e. The van der Waals surface area contributed by atoms with Crippen LogP contribution >= 0.6 is 0 Å². The number of nitrogens with zero attached hydrogens (tertiary/aromatic N) is 4. The first-order chi connectivity index (χ1) is 9.97. The van der Waals surface area contributed by atoms with Gasteiger partial charge in [0.1, 0.15) is 6.54 Å². The molecule has 2 rings (SSSR count). The predicted octanol–water partition coefficient (Wildman–Crippen LogP) is 0.943. The second-order valence-corrected chi connectivity index (χ2v) is 4.78. The molecular weight excluding hydrogens is 272 g/mol. The van der Waals surface area contributed by atoms with E-state index >= 15 is 0 Å². The molecule has 7 heteroatoms. The Labute approximate surface area is 121 Å². The molecule has 1 N–H and O–H groups in total. The fourth-order valence-corrected chi connectivity index (χ4v) is 1.92. The highest BCUT2D eigenvalue weighted by molar-refractivity contribution is 5.91. The maximum absolute atomic E-state index is 12.2. The third-order valence-electron chi connectivity index (χ3n) is 3.07. The zero-order chi connectivity index (χ0) is 15.4. The number of carboxylic acid groups (broad SMARTS) is 1. The molecule has 21 heavy (non-hydrogen) atoms. The van der Waals surface area contributed by atoms with Crippen molar-refractivity contribution in [2.24, 2.45) is 0 Å². The first kappa shape index (κ1) is 14.7. The number of benzene rings is 1. The maximum atomic E-state index is 12.2. The Balaban J connectivity index is 2.07. The third-order valence-corrected chi connectivity index (χ3v) is 3.07. The van der Waals surface area contributed by atoms with Gasteiger partial charge in [0.15, 0.2) is 5.69 Å². The van der Waals surface area contributed by atoms with Crippen LogP contribution in [0.4, 0.5) is 0 Å². The van der Waals surface area contributed by atoms with Crippen LogP contribution in [-0.2, 0) is 17.9 Å². The second-order valence-electron chi connectivity index (χ2n) is 4.78. The number of carbonyl (C=O) groups excluding carboxylic acids is 1. The van der Waals surface area contributed by atoms with Gasteiger partial charge in [-0.05, 0) is 18.1 Å². The summed E-state index contributed by atoms with van der Waals surface area (Å²) in [6.45, 7) is 2.12. The molecule has 0 atom stereocenters. The van der Waals surface area contributed by atoms with E-state index < -0.39 is 5.97 Å².